The monoisotopic (exact) mass is 494 g/mol. The van der Waals surface area contributed by atoms with E-state index in [1.54, 1.807) is 0 Å². The number of benzene rings is 6. The lowest BCUT2D eigenvalue weighted by Crippen LogP contribution is -2.28. The van der Waals surface area contributed by atoms with Gasteiger partial charge in [0.15, 0.2) is 0 Å². The molecular weight excluding hydrogens is 460 g/mol. The molecule has 0 unspecified atom stereocenters. The summed E-state index contributed by atoms with van der Waals surface area (Å²) in [4.78, 5) is 10.9. The number of hydrogen-bond acceptors (Lipinski definition) is 2. The van der Waals surface area contributed by atoms with Gasteiger partial charge in [0.2, 0.25) is 0 Å². The second-order valence-electron chi connectivity index (χ2n) is 12.3. The van der Waals surface area contributed by atoms with Crippen LogP contribution >= 0.6 is 0 Å². The van der Waals surface area contributed by atoms with E-state index in [0.29, 0.717) is 0 Å². The maximum Gasteiger partial charge on any atom is 0.0978 e. The zero-order chi connectivity index (χ0) is 26.7. The highest BCUT2D eigenvalue weighted by Gasteiger charge is 2.20. The summed E-state index contributed by atoms with van der Waals surface area (Å²) >= 11 is 0. The number of nitrogens with zero attached hydrogens (tertiary/aromatic N) is 2. The first kappa shape index (κ1) is 24.3. The van der Waals surface area contributed by atoms with Gasteiger partial charge in [0.25, 0.3) is 0 Å². The molecule has 0 aliphatic carbocycles. The minimum absolute atomic E-state index is 0.0324. The normalized spacial score (nSPS) is 13.8. The fraction of sp³-hybridized carbons (Fsp3) is 0.222. The van der Waals surface area contributed by atoms with Crippen LogP contribution in [0.1, 0.15) is 52.7 Å². The number of para-hydroxylation sites is 2. The molecule has 6 aromatic carbocycles. The van der Waals surface area contributed by atoms with Crippen LogP contribution in [0.25, 0.3) is 32.3 Å². The Balaban J connectivity index is 1.87. The van der Waals surface area contributed by atoms with Gasteiger partial charge in [-0.25, -0.2) is 9.98 Å². The molecule has 0 heterocycles. The van der Waals surface area contributed by atoms with E-state index < -0.39 is 0 Å². The largest absolute Gasteiger partial charge is 0.246 e. The second kappa shape index (κ2) is 8.77. The van der Waals surface area contributed by atoms with E-state index in [1.807, 2.05) is 0 Å². The average Bonchev–Trinajstić information content (AvgIpc) is 2.89. The molecule has 0 aliphatic heterocycles. The highest BCUT2D eigenvalue weighted by atomic mass is 14.8. The van der Waals surface area contributed by atoms with Gasteiger partial charge < -0.3 is 0 Å². The third-order valence-corrected chi connectivity index (χ3v) is 7.51. The van der Waals surface area contributed by atoms with E-state index in [1.165, 1.54) is 32.7 Å². The Hall–Kier alpha value is -4.04. The van der Waals surface area contributed by atoms with Gasteiger partial charge in [-0.15, -0.1) is 0 Å². The topological polar surface area (TPSA) is 24.7 Å². The third-order valence-electron chi connectivity index (χ3n) is 7.51. The van der Waals surface area contributed by atoms with Crippen molar-refractivity contribution in [3.63, 3.8) is 0 Å². The molecular formula is C36H34N2. The fourth-order valence-electron chi connectivity index (χ4n) is 5.68. The zero-order valence-electron chi connectivity index (χ0n) is 23.1. The van der Waals surface area contributed by atoms with Crippen LogP contribution < -0.4 is 10.7 Å². The first-order chi connectivity index (χ1) is 18.1. The van der Waals surface area contributed by atoms with Crippen LogP contribution in [-0.2, 0) is 10.8 Å². The van der Waals surface area contributed by atoms with Crippen molar-refractivity contribution in [1.29, 1.82) is 0 Å². The molecule has 2 heteroatoms. The molecule has 0 N–H and O–H groups in total. The molecule has 0 saturated heterocycles. The quantitative estimate of drug-likeness (QED) is 0.214. The fourth-order valence-corrected chi connectivity index (χ4v) is 5.68. The Bertz CT molecular complexity index is 1790. The van der Waals surface area contributed by atoms with E-state index in [2.05, 4.69) is 139 Å². The van der Waals surface area contributed by atoms with Crippen molar-refractivity contribution < 1.29 is 0 Å². The Morgan fingerprint density at radius 2 is 0.816 bits per heavy atom. The van der Waals surface area contributed by atoms with Crippen LogP contribution in [0.5, 0.6) is 0 Å². The van der Waals surface area contributed by atoms with Crippen molar-refractivity contribution in [3.8, 4) is 0 Å². The zero-order valence-corrected chi connectivity index (χ0v) is 23.1. The van der Waals surface area contributed by atoms with Gasteiger partial charge >= 0.3 is 0 Å². The van der Waals surface area contributed by atoms with Gasteiger partial charge in [-0.2, -0.15) is 0 Å². The molecule has 0 atom stereocenters. The highest BCUT2D eigenvalue weighted by molar-refractivity contribution is 6.22. The highest BCUT2D eigenvalue weighted by Crippen LogP contribution is 2.35. The molecule has 0 bridgehead atoms. The van der Waals surface area contributed by atoms with E-state index in [9.17, 15) is 0 Å². The van der Waals surface area contributed by atoms with Crippen molar-refractivity contribution in [2.75, 3.05) is 0 Å². The first-order valence-corrected chi connectivity index (χ1v) is 13.4. The van der Waals surface area contributed by atoms with E-state index in [0.717, 1.165) is 32.9 Å². The summed E-state index contributed by atoms with van der Waals surface area (Å²) in [5, 5.41) is 9.13. The summed E-state index contributed by atoms with van der Waals surface area (Å²) in [5.41, 5.74) is 4.38. The predicted molar refractivity (Wildman–Crippen MR) is 162 cm³/mol. The van der Waals surface area contributed by atoms with E-state index in [-0.39, 0.29) is 10.8 Å². The minimum Gasteiger partial charge on any atom is -0.246 e. The summed E-state index contributed by atoms with van der Waals surface area (Å²) < 4.78 is 0. The summed E-state index contributed by atoms with van der Waals surface area (Å²) in [7, 11) is 0. The molecule has 0 spiro atoms. The SMILES string of the molecule is CC(C)(C)c1ccccc1N=c1c(=Nc2ccccc2C(C)(C)C)c2cccc3ccc4cccc1c4c32. The number of rotatable bonds is 2. The Kier molecular flexibility index (Phi) is 5.61. The van der Waals surface area contributed by atoms with Crippen LogP contribution in [-0.4, -0.2) is 0 Å². The van der Waals surface area contributed by atoms with Gasteiger partial charge in [0.1, 0.15) is 0 Å². The van der Waals surface area contributed by atoms with Crippen molar-refractivity contribution in [2.45, 2.75) is 52.4 Å². The van der Waals surface area contributed by atoms with Crippen LogP contribution in [0.4, 0.5) is 11.4 Å². The molecule has 0 amide bonds. The minimum atomic E-state index is -0.0324. The number of hydrogen-bond donors (Lipinski definition) is 0. The summed E-state index contributed by atoms with van der Waals surface area (Å²) in [6, 6.07) is 34.6. The maximum absolute atomic E-state index is 5.45. The van der Waals surface area contributed by atoms with Gasteiger partial charge in [-0.05, 0) is 55.6 Å². The molecule has 0 saturated carbocycles. The van der Waals surface area contributed by atoms with E-state index in [4.69, 9.17) is 9.98 Å². The Morgan fingerprint density at radius 1 is 0.421 bits per heavy atom. The van der Waals surface area contributed by atoms with Crippen LogP contribution in [0.15, 0.2) is 107 Å². The van der Waals surface area contributed by atoms with Crippen molar-refractivity contribution in [1.82, 2.24) is 0 Å². The van der Waals surface area contributed by atoms with Gasteiger partial charge in [-0.3, -0.25) is 0 Å². The first-order valence-electron chi connectivity index (χ1n) is 13.4. The second-order valence-corrected chi connectivity index (χ2v) is 12.3. The van der Waals surface area contributed by atoms with Crippen LogP contribution in [0.3, 0.4) is 0 Å². The van der Waals surface area contributed by atoms with Crippen molar-refractivity contribution in [2.24, 2.45) is 9.98 Å². The Morgan fingerprint density at radius 3 is 1.21 bits per heavy atom. The molecule has 6 rings (SSSR count). The summed E-state index contributed by atoms with van der Waals surface area (Å²) in [6.45, 7) is 13.5. The lowest BCUT2D eigenvalue weighted by molar-refractivity contribution is 0.590. The lowest BCUT2D eigenvalue weighted by atomic mass is 9.85. The van der Waals surface area contributed by atoms with Crippen molar-refractivity contribution in [3.05, 3.63) is 119 Å². The van der Waals surface area contributed by atoms with Gasteiger partial charge in [0, 0.05) is 10.8 Å². The van der Waals surface area contributed by atoms with Gasteiger partial charge in [0.05, 0.1) is 22.1 Å². The maximum atomic E-state index is 5.45. The molecule has 2 nitrogen and oxygen atoms in total. The lowest BCUT2D eigenvalue weighted by Gasteiger charge is -2.21. The average molecular weight is 495 g/mol. The standard InChI is InChI=1S/C36H34N2/c1-35(2,3)27-17-7-9-19-29(27)37-33-25-15-11-13-23-21-22-24-14-12-16-26(32(24)31(23)25)34(33)38-30-20-10-8-18-28(30)36(4,5)6/h7-22H,1-6H3. The molecule has 0 fully saturated rings. The summed E-state index contributed by atoms with van der Waals surface area (Å²) in [6.07, 6.45) is 0. The molecule has 38 heavy (non-hydrogen) atoms. The van der Waals surface area contributed by atoms with Crippen LogP contribution in [0.2, 0.25) is 0 Å². The third kappa shape index (κ3) is 4.05. The molecule has 188 valence electrons. The Labute approximate surface area is 224 Å². The van der Waals surface area contributed by atoms with Gasteiger partial charge in [-0.1, -0.05) is 126 Å². The smallest absolute Gasteiger partial charge is 0.0978 e. The molecule has 0 aromatic heterocycles. The molecule has 0 aliphatic rings. The predicted octanol–water partition coefficient (Wildman–Crippen LogP) is 9.08. The molecule has 0 radical (unpaired) electrons. The van der Waals surface area contributed by atoms with Crippen LogP contribution in [0, 0.1) is 0 Å². The molecule has 6 aromatic rings. The van der Waals surface area contributed by atoms with Crippen molar-refractivity contribution >= 4 is 43.7 Å². The van der Waals surface area contributed by atoms with E-state index >= 15 is 0 Å². The summed E-state index contributed by atoms with van der Waals surface area (Å²) in [5.74, 6) is 0.